The number of carboxylic acid groups (broad SMARTS) is 1. The Morgan fingerprint density at radius 2 is 1.94 bits per heavy atom. The number of nitrogens with zero attached hydrogens (tertiary/aromatic N) is 1. The monoisotopic (exact) mass is 225 g/mol. The summed E-state index contributed by atoms with van der Waals surface area (Å²) < 4.78 is 0. The smallest absolute Gasteiger partial charge is 0.326 e. The predicted octanol–water partition coefficient (Wildman–Crippen LogP) is 1.64. The molecule has 0 bridgehead atoms. The first-order chi connectivity index (χ1) is 7.68. The molecule has 1 saturated heterocycles. The van der Waals surface area contributed by atoms with Crippen LogP contribution in [0, 0.1) is 5.92 Å². The van der Waals surface area contributed by atoms with E-state index >= 15 is 0 Å². The van der Waals surface area contributed by atoms with Gasteiger partial charge in [-0.2, -0.15) is 0 Å². The first kappa shape index (κ1) is 11.4. The predicted molar refractivity (Wildman–Crippen MR) is 58.9 cm³/mol. The molecule has 4 nitrogen and oxygen atoms in total. The molecule has 1 heterocycles. The lowest BCUT2D eigenvalue weighted by Gasteiger charge is -2.27. The minimum Gasteiger partial charge on any atom is -0.480 e. The molecule has 0 aromatic carbocycles. The Balaban J connectivity index is 1.80. The average Bonchev–Trinajstić information content (AvgIpc) is 2.63. The molecule has 4 heteroatoms. The maximum absolute atomic E-state index is 11.9. The van der Waals surface area contributed by atoms with Gasteiger partial charge in [0.25, 0.3) is 0 Å². The number of rotatable bonds is 4. The maximum atomic E-state index is 11.9. The molecule has 2 rings (SSSR count). The van der Waals surface area contributed by atoms with Gasteiger partial charge >= 0.3 is 5.97 Å². The highest BCUT2D eigenvalue weighted by molar-refractivity contribution is 5.84. The van der Waals surface area contributed by atoms with Crippen molar-refractivity contribution in [2.45, 2.75) is 51.0 Å². The quantitative estimate of drug-likeness (QED) is 0.791. The van der Waals surface area contributed by atoms with Gasteiger partial charge < -0.3 is 10.0 Å². The largest absolute Gasteiger partial charge is 0.480 e. The van der Waals surface area contributed by atoms with Crippen LogP contribution in [0.15, 0.2) is 0 Å². The third-order valence-electron chi connectivity index (χ3n) is 3.85. The second kappa shape index (κ2) is 4.85. The summed E-state index contributed by atoms with van der Waals surface area (Å²) in [6, 6.07) is -0.561. The Bertz CT molecular complexity index is 286. The van der Waals surface area contributed by atoms with Gasteiger partial charge in [-0.1, -0.05) is 19.3 Å². The highest BCUT2D eigenvalue weighted by atomic mass is 16.4. The number of likely N-dealkylation sites (tertiary alicyclic amines) is 1. The molecular formula is C12H19NO3. The van der Waals surface area contributed by atoms with Crippen LogP contribution in [0.2, 0.25) is 0 Å². The maximum Gasteiger partial charge on any atom is 0.326 e. The molecule has 1 N–H and O–H groups in total. The van der Waals surface area contributed by atoms with E-state index in [1.54, 1.807) is 4.90 Å². The van der Waals surface area contributed by atoms with Gasteiger partial charge in [0.1, 0.15) is 6.04 Å². The minimum absolute atomic E-state index is 0.0387. The Morgan fingerprint density at radius 1 is 1.19 bits per heavy atom. The first-order valence-electron chi connectivity index (χ1n) is 6.21. The topological polar surface area (TPSA) is 57.6 Å². The van der Waals surface area contributed by atoms with Crippen molar-refractivity contribution in [2.75, 3.05) is 6.54 Å². The highest BCUT2D eigenvalue weighted by Gasteiger charge is 2.33. The third-order valence-corrected chi connectivity index (χ3v) is 3.85. The minimum atomic E-state index is -0.852. The van der Waals surface area contributed by atoms with Crippen molar-refractivity contribution in [3.05, 3.63) is 0 Å². The van der Waals surface area contributed by atoms with Crippen LogP contribution in [0.25, 0.3) is 0 Å². The molecule has 1 aliphatic carbocycles. The highest BCUT2D eigenvalue weighted by Crippen LogP contribution is 2.31. The lowest BCUT2D eigenvalue weighted by atomic mass is 9.82. The van der Waals surface area contributed by atoms with E-state index in [1.807, 2.05) is 0 Å². The van der Waals surface area contributed by atoms with Gasteiger partial charge in [-0.05, 0) is 25.2 Å². The zero-order chi connectivity index (χ0) is 11.5. The van der Waals surface area contributed by atoms with Crippen molar-refractivity contribution in [1.82, 2.24) is 4.90 Å². The number of aliphatic carboxylic acids is 1. The molecule has 1 aliphatic heterocycles. The van der Waals surface area contributed by atoms with Gasteiger partial charge in [0.2, 0.25) is 5.91 Å². The van der Waals surface area contributed by atoms with Crippen molar-refractivity contribution in [3.8, 4) is 0 Å². The van der Waals surface area contributed by atoms with Crippen molar-refractivity contribution in [3.63, 3.8) is 0 Å². The molecule has 0 aromatic heterocycles. The normalized spacial score (nSPS) is 25.5. The molecular weight excluding hydrogens is 206 g/mol. The van der Waals surface area contributed by atoms with E-state index in [0.717, 1.165) is 18.8 Å². The van der Waals surface area contributed by atoms with E-state index < -0.39 is 12.0 Å². The summed E-state index contributed by atoms with van der Waals surface area (Å²) in [5.41, 5.74) is 0. The second-order valence-electron chi connectivity index (χ2n) is 4.92. The molecule has 1 atom stereocenters. The van der Waals surface area contributed by atoms with Crippen molar-refractivity contribution in [2.24, 2.45) is 5.92 Å². The fourth-order valence-electron chi connectivity index (χ4n) is 2.57. The number of hydrogen-bond donors (Lipinski definition) is 1. The number of amides is 1. The lowest BCUT2D eigenvalue weighted by Crippen LogP contribution is -2.40. The van der Waals surface area contributed by atoms with E-state index in [-0.39, 0.29) is 5.91 Å². The molecule has 0 radical (unpaired) electrons. The molecule has 0 spiro atoms. The molecule has 0 aromatic rings. The summed E-state index contributed by atoms with van der Waals surface area (Å²) in [5.74, 6) is -0.0962. The van der Waals surface area contributed by atoms with Gasteiger partial charge in [0.05, 0.1) is 0 Å². The summed E-state index contributed by atoms with van der Waals surface area (Å²) in [4.78, 5) is 24.4. The van der Waals surface area contributed by atoms with Crippen LogP contribution >= 0.6 is 0 Å². The van der Waals surface area contributed by atoms with Gasteiger partial charge in [-0.25, -0.2) is 4.79 Å². The van der Waals surface area contributed by atoms with Crippen LogP contribution in [-0.4, -0.2) is 34.5 Å². The van der Waals surface area contributed by atoms with Gasteiger partial charge in [0.15, 0.2) is 0 Å². The molecule has 1 saturated carbocycles. The van der Waals surface area contributed by atoms with Crippen LogP contribution in [0.1, 0.15) is 44.9 Å². The summed E-state index contributed by atoms with van der Waals surface area (Å²) in [6.07, 6.45) is 6.71. The SMILES string of the molecule is O=C(O)[C@@H]1CCCN1C(=O)CCC1CCC1. The van der Waals surface area contributed by atoms with Crippen LogP contribution in [0.3, 0.4) is 0 Å². The molecule has 0 unspecified atom stereocenters. The van der Waals surface area contributed by atoms with E-state index in [0.29, 0.717) is 19.4 Å². The standard InChI is InChI=1S/C12H19NO3/c14-11(7-6-9-3-1-4-9)13-8-2-5-10(13)12(15)16/h9-10H,1-8H2,(H,15,16)/t10-/m0/s1. The number of hydrogen-bond acceptors (Lipinski definition) is 2. The Labute approximate surface area is 95.6 Å². The van der Waals surface area contributed by atoms with E-state index in [9.17, 15) is 9.59 Å². The summed E-state index contributed by atoms with van der Waals surface area (Å²) in [7, 11) is 0. The Kier molecular flexibility index (Phi) is 3.46. The number of carbonyl (C=O) groups excluding carboxylic acids is 1. The lowest BCUT2D eigenvalue weighted by molar-refractivity contribution is -0.148. The van der Waals surface area contributed by atoms with Crippen LogP contribution < -0.4 is 0 Å². The Hall–Kier alpha value is -1.06. The summed E-state index contributed by atoms with van der Waals surface area (Å²) in [5, 5.41) is 8.97. The fraction of sp³-hybridized carbons (Fsp3) is 0.833. The van der Waals surface area contributed by atoms with Crippen LogP contribution in [-0.2, 0) is 9.59 Å². The third kappa shape index (κ3) is 2.36. The van der Waals surface area contributed by atoms with E-state index in [2.05, 4.69) is 0 Å². The van der Waals surface area contributed by atoms with Gasteiger partial charge in [-0.3, -0.25) is 4.79 Å². The summed E-state index contributed by atoms with van der Waals surface area (Å²) in [6.45, 7) is 0.625. The number of carbonyl (C=O) groups is 2. The fourth-order valence-corrected chi connectivity index (χ4v) is 2.57. The molecule has 2 aliphatic rings. The number of carboxylic acids is 1. The van der Waals surface area contributed by atoms with Crippen LogP contribution in [0.4, 0.5) is 0 Å². The van der Waals surface area contributed by atoms with Crippen molar-refractivity contribution >= 4 is 11.9 Å². The van der Waals surface area contributed by atoms with E-state index in [4.69, 9.17) is 5.11 Å². The van der Waals surface area contributed by atoms with Gasteiger partial charge in [0, 0.05) is 13.0 Å². The van der Waals surface area contributed by atoms with Gasteiger partial charge in [-0.15, -0.1) is 0 Å². The zero-order valence-electron chi connectivity index (χ0n) is 9.52. The molecule has 1 amide bonds. The molecule has 2 fully saturated rings. The van der Waals surface area contributed by atoms with E-state index in [1.165, 1.54) is 19.3 Å². The van der Waals surface area contributed by atoms with Crippen molar-refractivity contribution < 1.29 is 14.7 Å². The Morgan fingerprint density at radius 3 is 2.50 bits per heavy atom. The van der Waals surface area contributed by atoms with Crippen LogP contribution in [0.5, 0.6) is 0 Å². The first-order valence-corrected chi connectivity index (χ1v) is 6.21. The molecule has 16 heavy (non-hydrogen) atoms. The molecule has 90 valence electrons. The second-order valence-corrected chi connectivity index (χ2v) is 4.92. The zero-order valence-corrected chi connectivity index (χ0v) is 9.52. The summed E-state index contributed by atoms with van der Waals surface area (Å²) >= 11 is 0. The average molecular weight is 225 g/mol. The van der Waals surface area contributed by atoms with Crippen molar-refractivity contribution in [1.29, 1.82) is 0 Å².